The van der Waals surface area contributed by atoms with E-state index >= 15 is 0 Å². The van der Waals surface area contributed by atoms with Crippen LogP contribution >= 0.6 is 0 Å². The van der Waals surface area contributed by atoms with E-state index in [-0.39, 0.29) is 23.8 Å². The lowest BCUT2D eigenvalue weighted by Crippen LogP contribution is -2.30. The van der Waals surface area contributed by atoms with E-state index in [1.54, 1.807) is 30.6 Å². The lowest BCUT2D eigenvalue weighted by atomic mass is 10.1. The predicted molar refractivity (Wildman–Crippen MR) is 113 cm³/mol. The largest absolute Gasteiger partial charge is 0.295 e. The molecule has 0 atom stereocenters. The maximum Gasteiger partial charge on any atom is 0.243 e. The monoisotopic (exact) mass is 408 g/mol. The van der Waals surface area contributed by atoms with Crippen LogP contribution in [-0.2, 0) is 29.5 Å². The molecule has 0 saturated carbocycles. The number of rotatable bonds is 8. The summed E-state index contributed by atoms with van der Waals surface area (Å²) in [4.78, 5) is 15.9. The summed E-state index contributed by atoms with van der Waals surface area (Å²) in [6.07, 6.45) is 4.24. The van der Waals surface area contributed by atoms with Crippen LogP contribution in [0.3, 0.4) is 0 Å². The first kappa shape index (κ1) is 20.9. The Hall–Kier alpha value is -2.83. The van der Waals surface area contributed by atoms with E-state index in [4.69, 9.17) is 0 Å². The summed E-state index contributed by atoms with van der Waals surface area (Å²) < 4.78 is 28.3. The van der Waals surface area contributed by atoms with Crippen molar-refractivity contribution in [2.24, 2.45) is 0 Å². The number of nitrogens with zero attached hydrogens (tertiary/aromatic N) is 2. The Labute approximate surface area is 172 Å². The van der Waals surface area contributed by atoms with Gasteiger partial charge in [0.1, 0.15) is 0 Å². The molecule has 2 aromatic carbocycles. The lowest BCUT2D eigenvalue weighted by molar-refractivity contribution is 0.101. The Morgan fingerprint density at radius 2 is 1.62 bits per heavy atom. The van der Waals surface area contributed by atoms with Crippen molar-refractivity contribution in [2.75, 3.05) is 0 Å². The first-order chi connectivity index (χ1) is 13.9. The molecule has 0 aliphatic rings. The third-order valence-electron chi connectivity index (χ3n) is 4.75. The molecule has 0 fully saturated rings. The Bertz CT molecular complexity index is 1080. The van der Waals surface area contributed by atoms with Gasteiger partial charge in [-0.1, -0.05) is 49.4 Å². The molecule has 5 nitrogen and oxygen atoms in total. The van der Waals surface area contributed by atoms with E-state index in [2.05, 4.69) is 11.9 Å². The molecule has 0 aliphatic heterocycles. The van der Waals surface area contributed by atoms with Gasteiger partial charge in [-0.2, -0.15) is 4.31 Å². The lowest BCUT2D eigenvalue weighted by Gasteiger charge is -2.23. The summed E-state index contributed by atoms with van der Waals surface area (Å²) in [6.45, 7) is 3.92. The van der Waals surface area contributed by atoms with E-state index < -0.39 is 10.0 Å². The highest BCUT2D eigenvalue weighted by molar-refractivity contribution is 7.89. The van der Waals surface area contributed by atoms with E-state index in [1.165, 1.54) is 28.9 Å². The highest BCUT2D eigenvalue weighted by Crippen LogP contribution is 2.22. The van der Waals surface area contributed by atoms with Crippen molar-refractivity contribution in [1.82, 2.24) is 9.29 Å². The van der Waals surface area contributed by atoms with Crippen molar-refractivity contribution >= 4 is 15.8 Å². The molecule has 0 unspecified atom stereocenters. The second kappa shape index (κ2) is 9.11. The highest BCUT2D eigenvalue weighted by Gasteiger charge is 2.25. The molecular weight excluding hydrogens is 384 g/mol. The van der Waals surface area contributed by atoms with Crippen LogP contribution in [0.25, 0.3) is 0 Å². The van der Waals surface area contributed by atoms with Gasteiger partial charge in [0.15, 0.2) is 5.78 Å². The van der Waals surface area contributed by atoms with Crippen molar-refractivity contribution in [3.05, 3.63) is 95.3 Å². The summed E-state index contributed by atoms with van der Waals surface area (Å²) in [5.74, 6) is -0.170. The molecule has 29 heavy (non-hydrogen) atoms. The van der Waals surface area contributed by atoms with Crippen molar-refractivity contribution in [2.45, 2.75) is 38.3 Å². The average molecular weight is 409 g/mol. The van der Waals surface area contributed by atoms with E-state index in [0.29, 0.717) is 5.56 Å². The quantitative estimate of drug-likeness (QED) is 0.523. The normalized spacial score (nSPS) is 11.6. The molecule has 0 N–H and O–H groups in total. The zero-order valence-corrected chi connectivity index (χ0v) is 17.4. The fourth-order valence-electron chi connectivity index (χ4n) is 3.03. The molecule has 0 radical (unpaired) electrons. The Morgan fingerprint density at radius 1 is 0.931 bits per heavy atom. The van der Waals surface area contributed by atoms with Gasteiger partial charge in [0.25, 0.3) is 0 Å². The molecule has 3 aromatic rings. The van der Waals surface area contributed by atoms with Crippen LogP contribution in [0.15, 0.2) is 78.0 Å². The minimum Gasteiger partial charge on any atom is -0.295 e. The van der Waals surface area contributed by atoms with Crippen LogP contribution < -0.4 is 0 Å². The van der Waals surface area contributed by atoms with Crippen molar-refractivity contribution < 1.29 is 13.2 Å². The van der Waals surface area contributed by atoms with E-state index in [9.17, 15) is 13.2 Å². The topological polar surface area (TPSA) is 67.3 Å². The van der Waals surface area contributed by atoms with Crippen LogP contribution in [0.4, 0.5) is 0 Å². The van der Waals surface area contributed by atoms with Gasteiger partial charge in [-0.3, -0.25) is 9.78 Å². The molecule has 150 valence electrons. The number of sulfonamides is 1. The van der Waals surface area contributed by atoms with Crippen LogP contribution in [0.5, 0.6) is 0 Å². The Kier molecular flexibility index (Phi) is 6.56. The van der Waals surface area contributed by atoms with Gasteiger partial charge in [-0.05, 0) is 48.2 Å². The van der Waals surface area contributed by atoms with Crippen LogP contribution in [-0.4, -0.2) is 23.5 Å². The number of ketones is 1. The minimum absolute atomic E-state index is 0.110. The van der Waals surface area contributed by atoms with Gasteiger partial charge in [0.2, 0.25) is 10.0 Å². The van der Waals surface area contributed by atoms with Gasteiger partial charge in [0.05, 0.1) is 4.90 Å². The summed E-state index contributed by atoms with van der Waals surface area (Å²) in [5, 5.41) is 0. The second-order valence-corrected chi connectivity index (χ2v) is 8.83. The third kappa shape index (κ3) is 5.16. The minimum atomic E-state index is -3.82. The number of pyridine rings is 1. The number of aryl methyl sites for hydroxylation is 1. The van der Waals surface area contributed by atoms with E-state index in [1.807, 2.05) is 30.3 Å². The number of hydrogen-bond acceptors (Lipinski definition) is 4. The van der Waals surface area contributed by atoms with Gasteiger partial charge in [0, 0.05) is 31.0 Å². The van der Waals surface area contributed by atoms with E-state index in [0.717, 1.165) is 17.5 Å². The van der Waals surface area contributed by atoms with Gasteiger partial charge < -0.3 is 0 Å². The van der Waals surface area contributed by atoms with Gasteiger partial charge in [-0.25, -0.2) is 8.42 Å². The molecule has 0 bridgehead atoms. The first-order valence-electron chi connectivity index (χ1n) is 9.48. The zero-order valence-electron chi connectivity index (χ0n) is 16.6. The first-order valence-corrected chi connectivity index (χ1v) is 10.9. The molecule has 1 aromatic heterocycles. The van der Waals surface area contributed by atoms with Gasteiger partial charge in [-0.15, -0.1) is 0 Å². The van der Waals surface area contributed by atoms with Gasteiger partial charge >= 0.3 is 0 Å². The SMILES string of the molecule is CCc1ccc(CN(Cc2cccnc2)S(=O)(=O)c2cccc(C(C)=O)c2)cc1. The Morgan fingerprint density at radius 3 is 2.24 bits per heavy atom. The van der Waals surface area contributed by atoms with Crippen LogP contribution in [0.2, 0.25) is 0 Å². The molecular formula is C23H24N2O3S. The Balaban J connectivity index is 1.98. The van der Waals surface area contributed by atoms with Crippen molar-refractivity contribution in [3.8, 4) is 0 Å². The standard InChI is InChI=1S/C23H24N2O3S/c1-3-19-9-11-20(12-10-19)16-25(17-21-6-5-13-24-15-21)29(27,28)23-8-4-7-22(14-23)18(2)26/h4-15H,3,16-17H2,1-2H3. The number of carbonyl (C=O) groups excluding carboxylic acids is 1. The summed E-state index contributed by atoms with van der Waals surface area (Å²) in [7, 11) is -3.82. The average Bonchev–Trinajstić information content (AvgIpc) is 2.74. The number of hydrogen-bond donors (Lipinski definition) is 0. The number of carbonyl (C=O) groups is 1. The number of benzene rings is 2. The summed E-state index contributed by atoms with van der Waals surface area (Å²) >= 11 is 0. The fraction of sp³-hybridized carbons (Fsp3) is 0.217. The molecule has 0 spiro atoms. The smallest absolute Gasteiger partial charge is 0.243 e. The van der Waals surface area contributed by atoms with Crippen LogP contribution in [0.1, 0.15) is 40.9 Å². The second-order valence-electron chi connectivity index (χ2n) is 6.89. The highest BCUT2D eigenvalue weighted by atomic mass is 32.2. The predicted octanol–water partition coefficient (Wildman–Crippen LogP) is 4.24. The summed E-state index contributed by atoms with van der Waals surface area (Å²) in [5.41, 5.74) is 3.27. The number of aromatic nitrogens is 1. The fourth-order valence-corrected chi connectivity index (χ4v) is 4.49. The molecule has 6 heteroatoms. The zero-order chi connectivity index (χ0) is 20.9. The number of Topliss-reactive ketones (excluding diaryl/α,β-unsaturated/α-hetero) is 1. The van der Waals surface area contributed by atoms with Crippen LogP contribution in [0, 0.1) is 0 Å². The molecule has 0 aliphatic carbocycles. The third-order valence-corrected chi connectivity index (χ3v) is 6.54. The summed E-state index contributed by atoms with van der Waals surface area (Å²) in [6, 6.07) is 17.8. The van der Waals surface area contributed by atoms with Crippen molar-refractivity contribution in [3.63, 3.8) is 0 Å². The maximum absolute atomic E-state index is 13.4. The molecule has 0 amide bonds. The molecule has 1 heterocycles. The molecule has 0 saturated heterocycles. The maximum atomic E-state index is 13.4. The molecule has 3 rings (SSSR count). The van der Waals surface area contributed by atoms with Crippen molar-refractivity contribution in [1.29, 1.82) is 0 Å².